The topological polar surface area (TPSA) is 55.4 Å². The van der Waals surface area contributed by atoms with E-state index in [0.29, 0.717) is 27.1 Å². The Labute approximate surface area is 189 Å². The number of halogens is 1. The largest absolute Gasteiger partial charge is 0.462 e. The zero-order valence-electron chi connectivity index (χ0n) is 17.1. The van der Waals surface area contributed by atoms with Crippen LogP contribution < -0.4 is 5.32 Å². The first-order chi connectivity index (χ1) is 14.5. The van der Waals surface area contributed by atoms with Crippen molar-refractivity contribution >= 4 is 61.2 Å². The lowest BCUT2D eigenvalue weighted by Crippen LogP contribution is -2.15. The van der Waals surface area contributed by atoms with Gasteiger partial charge in [0.1, 0.15) is 9.88 Å². The molecule has 1 aliphatic carbocycles. The second kappa shape index (κ2) is 9.08. The maximum atomic E-state index is 13.1. The summed E-state index contributed by atoms with van der Waals surface area (Å²) in [6.45, 7) is 4.11. The van der Waals surface area contributed by atoms with E-state index in [9.17, 15) is 9.59 Å². The molecule has 1 N–H and O–H groups in total. The number of amides is 1. The Bertz CT molecular complexity index is 1120. The highest BCUT2D eigenvalue weighted by Gasteiger charge is 2.27. The Balaban J connectivity index is 1.71. The van der Waals surface area contributed by atoms with Crippen molar-refractivity contribution in [1.82, 2.24) is 0 Å². The summed E-state index contributed by atoms with van der Waals surface area (Å²) in [7, 11) is 0. The molecule has 2 aromatic heterocycles. The predicted molar refractivity (Wildman–Crippen MR) is 126 cm³/mol. The summed E-state index contributed by atoms with van der Waals surface area (Å²) in [5.41, 5.74) is 2.70. The number of fused-ring (bicyclic) bond motifs is 2. The average Bonchev–Trinajstić information content (AvgIpc) is 3.19. The minimum Gasteiger partial charge on any atom is -0.462 e. The summed E-state index contributed by atoms with van der Waals surface area (Å²) < 4.78 is 6.31. The summed E-state index contributed by atoms with van der Waals surface area (Å²) >= 11 is 9.41. The quantitative estimate of drug-likeness (QED) is 0.425. The molecule has 0 unspecified atom stereocenters. The number of carbonyl (C=O) groups excluding carboxylic acids is 2. The fourth-order valence-electron chi connectivity index (χ4n) is 3.91. The van der Waals surface area contributed by atoms with Crippen molar-refractivity contribution in [3.8, 4) is 0 Å². The molecule has 1 amide bonds. The molecule has 4 nitrogen and oxygen atoms in total. The van der Waals surface area contributed by atoms with Crippen molar-refractivity contribution in [3.05, 3.63) is 49.7 Å². The van der Waals surface area contributed by atoms with Gasteiger partial charge in [-0.1, -0.05) is 36.6 Å². The predicted octanol–water partition coefficient (Wildman–Crippen LogP) is 7.01. The number of benzene rings is 1. The fraction of sp³-hybridized carbons (Fsp3) is 0.391. The second-order valence-corrected chi connectivity index (χ2v) is 10.1. The zero-order valence-corrected chi connectivity index (χ0v) is 19.5. The lowest BCUT2D eigenvalue weighted by Gasteiger charge is -2.11. The number of nitrogens with one attached hydrogen (secondary N) is 1. The van der Waals surface area contributed by atoms with Gasteiger partial charge in [0.15, 0.2) is 0 Å². The van der Waals surface area contributed by atoms with Crippen LogP contribution in [0.5, 0.6) is 0 Å². The molecule has 0 bridgehead atoms. The van der Waals surface area contributed by atoms with Gasteiger partial charge in [-0.25, -0.2) is 4.79 Å². The Morgan fingerprint density at radius 1 is 1.13 bits per heavy atom. The molecule has 1 aromatic carbocycles. The fourth-order valence-corrected chi connectivity index (χ4v) is 6.69. The van der Waals surface area contributed by atoms with Crippen LogP contribution in [0.15, 0.2) is 18.2 Å². The molecule has 4 rings (SSSR count). The smallest absolute Gasteiger partial charge is 0.341 e. The van der Waals surface area contributed by atoms with E-state index in [-0.39, 0.29) is 11.9 Å². The molecule has 0 fully saturated rings. The van der Waals surface area contributed by atoms with Gasteiger partial charge in [-0.15, -0.1) is 22.7 Å². The molecular formula is C23H24ClNO3S2. The van der Waals surface area contributed by atoms with Gasteiger partial charge in [0.2, 0.25) is 0 Å². The highest BCUT2D eigenvalue weighted by Crippen LogP contribution is 2.40. The summed E-state index contributed by atoms with van der Waals surface area (Å²) in [5, 5.41) is 4.90. The second-order valence-electron chi connectivity index (χ2n) is 7.54. The molecule has 2 heterocycles. The molecule has 0 saturated heterocycles. The van der Waals surface area contributed by atoms with Crippen molar-refractivity contribution < 1.29 is 14.3 Å². The van der Waals surface area contributed by atoms with E-state index < -0.39 is 0 Å². The number of rotatable bonds is 4. The van der Waals surface area contributed by atoms with Crippen LogP contribution in [0.1, 0.15) is 68.6 Å². The van der Waals surface area contributed by atoms with Crippen LogP contribution in [0.25, 0.3) is 10.1 Å². The SMILES string of the molecule is CCOC(=O)c1c(NC(=O)c2sc3cc(C)ccc3c2Cl)sc2c1CCCCCC2. The minimum atomic E-state index is -0.357. The molecule has 0 saturated carbocycles. The van der Waals surface area contributed by atoms with Gasteiger partial charge in [-0.2, -0.15) is 0 Å². The summed E-state index contributed by atoms with van der Waals surface area (Å²) in [6, 6.07) is 5.96. The van der Waals surface area contributed by atoms with Crippen LogP contribution in [0.4, 0.5) is 5.00 Å². The van der Waals surface area contributed by atoms with Crippen molar-refractivity contribution in [2.24, 2.45) is 0 Å². The Hall–Kier alpha value is -1.89. The molecule has 1 aliphatic rings. The minimum absolute atomic E-state index is 0.279. The van der Waals surface area contributed by atoms with Crippen LogP contribution in [-0.4, -0.2) is 18.5 Å². The van der Waals surface area contributed by atoms with Crippen LogP contribution >= 0.6 is 34.3 Å². The molecule has 0 atom stereocenters. The summed E-state index contributed by atoms with van der Waals surface area (Å²) in [6.07, 6.45) is 6.29. The Morgan fingerprint density at radius 2 is 1.90 bits per heavy atom. The molecule has 0 radical (unpaired) electrons. The molecule has 0 spiro atoms. The zero-order chi connectivity index (χ0) is 21.3. The van der Waals surface area contributed by atoms with Crippen LogP contribution in [-0.2, 0) is 17.6 Å². The van der Waals surface area contributed by atoms with E-state index in [2.05, 4.69) is 5.32 Å². The van der Waals surface area contributed by atoms with Crippen LogP contribution in [0.2, 0.25) is 5.02 Å². The van der Waals surface area contributed by atoms with Gasteiger partial charge < -0.3 is 10.1 Å². The van der Waals surface area contributed by atoms with Gasteiger partial charge in [0.05, 0.1) is 17.2 Å². The van der Waals surface area contributed by atoms with Crippen molar-refractivity contribution in [2.45, 2.75) is 52.4 Å². The maximum Gasteiger partial charge on any atom is 0.341 e. The highest BCUT2D eigenvalue weighted by atomic mass is 35.5. The third kappa shape index (κ3) is 4.13. The van der Waals surface area contributed by atoms with Crippen LogP contribution in [0, 0.1) is 6.92 Å². The summed E-state index contributed by atoms with van der Waals surface area (Å²) in [5.74, 6) is -0.637. The molecule has 3 aromatic rings. The highest BCUT2D eigenvalue weighted by molar-refractivity contribution is 7.22. The van der Waals surface area contributed by atoms with Gasteiger partial charge in [0, 0.05) is 15.0 Å². The number of esters is 1. The Kier molecular flexibility index (Phi) is 6.46. The molecule has 7 heteroatoms. The van der Waals surface area contributed by atoms with Gasteiger partial charge >= 0.3 is 5.97 Å². The molecule has 30 heavy (non-hydrogen) atoms. The van der Waals surface area contributed by atoms with Crippen molar-refractivity contribution in [1.29, 1.82) is 0 Å². The first kappa shape index (κ1) is 21.3. The average molecular weight is 462 g/mol. The molecule has 0 aliphatic heterocycles. The monoisotopic (exact) mass is 461 g/mol. The number of aryl methyl sites for hydroxylation is 2. The van der Waals surface area contributed by atoms with Crippen molar-refractivity contribution in [2.75, 3.05) is 11.9 Å². The van der Waals surface area contributed by atoms with Crippen LogP contribution in [0.3, 0.4) is 0 Å². The first-order valence-electron chi connectivity index (χ1n) is 10.3. The number of carbonyl (C=O) groups is 2. The Morgan fingerprint density at radius 3 is 2.67 bits per heavy atom. The number of anilines is 1. The van der Waals surface area contributed by atoms with Gasteiger partial charge in [-0.3, -0.25) is 4.79 Å². The number of hydrogen-bond donors (Lipinski definition) is 1. The van der Waals surface area contributed by atoms with E-state index in [1.807, 2.05) is 25.1 Å². The van der Waals surface area contributed by atoms with Gasteiger partial charge in [0.25, 0.3) is 5.91 Å². The summed E-state index contributed by atoms with van der Waals surface area (Å²) in [4.78, 5) is 27.6. The van der Waals surface area contributed by atoms with E-state index >= 15 is 0 Å². The van der Waals surface area contributed by atoms with Gasteiger partial charge in [-0.05, 0) is 56.7 Å². The first-order valence-corrected chi connectivity index (χ1v) is 12.3. The van der Waals surface area contributed by atoms with E-state index in [0.717, 1.165) is 53.3 Å². The number of thiophene rings is 2. The lowest BCUT2D eigenvalue weighted by molar-refractivity contribution is 0.0526. The normalized spacial score (nSPS) is 14.1. The molecular weight excluding hydrogens is 438 g/mol. The maximum absolute atomic E-state index is 13.1. The lowest BCUT2D eigenvalue weighted by atomic mass is 9.96. The molecule has 158 valence electrons. The standard InChI is InChI=1S/C23H24ClNO3S2/c1-3-28-23(27)18-14-8-6-4-5-7-9-16(14)30-22(18)25-21(26)20-19(24)15-11-10-13(2)12-17(15)29-20/h10-12H,3-9H2,1-2H3,(H,25,26). The van der Waals surface area contributed by atoms with E-state index in [4.69, 9.17) is 16.3 Å². The number of hydrogen-bond acceptors (Lipinski definition) is 5. The van der Waals surface area contributed by atoms with E-state index in [1.54, 1.807) is 6.92 Å². The number of ether oxygens (including phenoxy) is 1. The third-order valence-electron chi connectivity index (χ3n) is 5.37. The van der Waals surface area contributed by atoms with Crippen molar-refractivity contribution in [3.63, 3.8) is 0 Å². The van der Waals surface area contributed by atoms with E-state index in [1.165, 1.54) is 34.0 Å². The third-order valence-corrected chi connectivity index (χ3v) is 8.23.